The maximum absolute atomic E-state index is 8.80. The molecule has 0 aliphatic carbocycles. The van der Waals surface area contributed by atoms with E-state index in [0.717, 1.165) is 21.7 Å². The second kappa shape index (κ2) is 5.07. The van der Waals surface area contributed by atoms with E-state index in [4.69, 9.17) is 9.68 Å². The Bertz CT molecular complexity index is 569. The van der Waals surface area contributed by atoms with Gasteiger partial charge in [0.2, 0.25) is 0 Å². The first kappa shape index (κ1) is 11.7. The lowest BCUT2D eigenvalue weighted by atomic mass is 10.2. The normalized spacial score (nSPS) is 9.94. The van der Waals surface area contributed by atoms with Crippen molar-refractivity contribution in [1.29, 1.82) is 5.26 Å². The van der Waals surface area contributed by atoms with Crippen molar-refractivity contribution in [2.24, 2.45) is 0 Å². The van der Waals surface area contributed by atoms with Crippen LogP contribution in [0.2, 0.25) is 0 Å². The third-order valence-corrected chi connectivity index (χ3v) is 3.01. The fraction of sp³-hybridized carbons (Fsp3) is 0.154. The third kappa shape index (κ3) is 2.89. The highest BCUT2D eigenvalue weighted by atomic mass is 79.9. The molecule has 0 amide bonds. The average Bonchev–Trinajstić information content (AvgIpc) is 2.73. The van der Waals surface area contributed by atoms with Crippen molar-refractivity contribution in [3.63, 3.8) is 0 Å². The summed E-state index contributed by atoms with van der Waals surface area (Å²) in [6, 6.07) is 11.5. The minimum atomic E-state index is 0.629. The number of anilines is 1. The molecule has 0 unspecified atom stereocenters. The van der Waals surface area contributed by atoms with E-state index < -0.39 is 0 Å². The quantitative estimate of drug-likeness (QED) is 0.934. The number of hydrogen-bond donors (Lipinski definition) is 1. The van der Waals surface area contributed by atoms with Gasteiger partial charge in [-0.3, -0.25) is 0 Å². The van der Waals surface area contributed by atoms with Gasteiger partial charge in [0.1, 0.15) is 17.6 Å². The summed E-state index contributed by atoms with van der Waals surface area (Å²) < 4.78 is 6.25. The SMILES string of the molecule is Cc1ccc(CNc2ccc(C#N)c(Br)c2)o1. The Labute approximate surface area is 108 Å². The van der Waals surface area contributed by atoms with Crippen molar-refractivity contribution in [3.05, 3.63) is 51.9 Å². The number of nitrogens with one attached hydrogen (secondary N) is 1. The smallest absolute Gasteiger partial charge is 0.123 e. The molecule has 0 radical (unpaired) electrons. The molecule has 2 aromatic rings. The van der Waals surface area contributed by atoms with Gasteiger partial charge in [-0.1, -0.05) is 0 Å². The maximum atomic E-state index is 8.80. The van der Waals surface area contributed by atoms with Gasteiger partial charge in [-0.15, -0.1) is 0 Å². The summed E-state index contributed by atoms with van der Waals surface area (Å²) in [7, 11) is 0. The summed E-state index contributed by atoms with van der Waals surface area (Å²) in [6.07, 6.45) is 0. The van der Waals surface area contributed by atoms with Crippen LogP contribution in [0.3, 0.4) is 0 Å². The summed E-state index contributed by atoms with van der Waals surface area (Å²) in [5.41, 5.74) is 1.58. The van der Waals surface area contributed by atoms with E-state index in [-0.39, 0.29) is 0 Å². The van der Waals surface area contributed by atoms with E-state index in [0.29, 0.717) is 12.1 Å². The van der Waals surface area contributed by atoms with Crippen LogP contribution in [0.25, 0.3) is 0 Å². The Morgan fingerprint density at radius 1 is 1.35 bits per heavy atom. The zero-order valence-electron chi connectivity index (χ0n) is 9.33. The monoisotopic (exact) mass is 290 g/mol. The Morgan fingerprint density at radius 2 is 2.18 bits per heavy atom. The standard InChI is InChI=1S/C13H11BrN2O/c1-9-2-5-12(17-9)8-16-11-4-3-10(7-15)13(14)6-11/h2-6,16H,8H2,1H3. The number of hydrogen-bond acceptors (Lipinski definition) is 3. The van der Waals surface area contributed by atoms with Crippen LogP contribution >= 0.6 is 15.9 Å². The fourth-order valence-corrected chi connectivity index (χ4v) is 1.95. The van der Waals surface area contributed by atoms with Crippen LogP contribution in [-0.4, -0.2) is 0 Å². The molecule has 0 saturated carbocycles. The Hall–Kier alpha value is -1.73. The van der Waals surface area contributed by atoms with Crippen molar-refractivity contribution in [2.75, 3.05) is 5.32 Å². The van der Waals surface area contributed by atoms with E-state index in [9.17, 15) is 0 Å². The third-order valence-electron chi connectivity index (χ3n) is 2.35. The minimum absolute atomic E-state index is 0.629. The molecule has 1 aromatic heterocycles. The molecular formula is C13H11BrN2O. The molecule has 1 heterocycles. The zero-order valence-corrected chi connectivity index (χ0v) is 10.9. The summed E-state index contributed by atoms with van der Waals surface area (Å²) in [6.45, 7) is 2.55. The van der Waals surface area contributed by atoms with Gasteiger partial charge >= 0.3 is 0 Å². The van der Waals surface area contributed by atoms with Crippen LogP contribution in [0.15, 0.2) is 39.2 Å². The number of nitrogens with zero attached hydrogens (tertiary/aromatic N) is 1. The highest BCUT2D eigenvalue weighted by Crippen LogP contribution is 2.21. The van der Waals surface area contributed by atoms with Gasteiger partial charge in [-0.05, 0) is 53.2 Å². The summed E-state index contributed by atoms with van der Waals surface area (Å²) in [4.78, 5) is 0. The van der Waals surface area contributed by atoms with Gasteiger partial charge in [0.15, 0.2) is 0 Å². The summed E-state index contributed by atoms with van der Waals surface area (Å²) >= 11 is 3.35. The van der Waals surface area contributed by atoms with Crippen molar-refractivity contribution < 1.29 is 4.42 Å². The zero-order chi connectivity index (χ0) is 12.3. The number of halogens is 1. The second-order valence-electron chi connectivity index (χ2n) is 3.67. The largest absolute Gasteiger partial charge is 0.465 e. The van der Waals surface area contributed by atoms with Gasteiger partial charge in [0.25, 0.3) is 0 Å². The van der Waals surface area contributed by atoms with Crippen LogP contribution in [0.4, 0.5) is 5.69 Å². The molecule has 3 nitrogen and oxygen atoms in total. The molecule has 2 rings (SSSR count). The van der Waals surface area contributed by atoms with Crippen LogP contribution in [0, 0.1) is 18.3 Å². The number of rotatable bonds is 3. The van der Waals surface area contributed by atoms with E-state index in [1.165, 1.54) is 0 Å². The lowest BCUT2D eigenvalue weighted by Gasteiger charge is -2.05. The Balaban J connectivity index is 2.05. The number of furan rings is 1. The topological polar surface area (TPSA) is 49.0 Å². The minimum Gasteiger partial charge on any atom is -0.465 e. The van der Waals surface area contributed by atoms with Gasteiger partial charge in [0, 0.05) is 10.2 Å². The van der Waals surface area contributed by atoms with Crippen LogP contribution in [0.5, 0.6) is 0 Å². The maximum Gasteiger partial charge on any atom is 0.123 e. The Kier molecular flexibility index (Phi) is 3.50. The molecule has 86 valence electrons. The molecular weight excluding hydrogens is 280 g/mol. The number of nitriles is 1. The van der Waals surface area contributed by atoms with Crippen molar-refractivity contribution in [2.45, 2.75) is 13.5 Å². The predicted octanol–water partition coefficient (Wildman–Crippen LogP) is 3.83. The van der Waals surface area contributed by atoms with Crippen LogP contribution < -0.4 is 5.32 Å². The van der Waals surface area contributed by atoms with Crippen molar-refractivity contribution >= 4 is 21.6 Å². The first-order valence-corrected chi connectivity index (χ1v) is 5.97. The number of benzene rings is 1. The van der Waals surface area contributed by atoms with Gasteiger partial charge < -0.3 is 9.73 Å². The molecule has 0 bridgehead atoms. The highest BCUT2D eigenvalue weighted by molar-refractivity contribution is 9.10. The fourth-order valence-electron chi connectivity index (χ4n) is 1.49. The molecule has 0 fully saturated rings. The second-order valence-corrected chi connectivity index (χ2v) is 4.53. The predicted molar refractivity (Wildman–Crippen MR) is 69.6 cm³/mol. The molecule has 1 N–H and O–H groups in total. The number of aryl methyl sites for hydroxylation is 1. The van der Waals surface area contributed by atoms with Gasteiger partial charge in [0.05, 0.1) is 12.1 Å². The molecule has 0 aliphatic heterocycles. The molecule has 0 saturated heterocycles. The van der Waals surface area contributed by atoms with E-state index >= 15 is 0 Å². The molecule has 17 heavy (non-hydrogen) atoms. The highest BCUT2D eigenvalue weighted by Gasteiger charge is 2.02. The molecule has 0 aliphatic rings. The van der Waals surface area contributed by atoms with Gasteiger partial charge in [-0.25, -0.2) is 0 Å². The molecule has 0 spiro atoms. The van der Waals surface area contributed by atoms with Crippen molar-refractivity contribution in [3.8, 4) is 6.07 Å². The van der Waals surface area contributed by atoms with Crippen LogP contribution in [0.1, 0.15) is 17.1 Å². The van der Waals surface area contributed by atoms with Gasteiger partial charge in [-0.2, -0.15) is 5.26 Å². The van der Waals surface area contributed by atoms with E-state index in [1.54, 1.807) is 6.07 Å². The molecule has 0 atom stereocenters. The van der Waals surface area contributed by atoms with Crippen LogP contribution in [-0.2, 0) is 6.54 Å². The molecule has 1 aromatic carbocycles. The van der Waals surface area contributed by atoms with E-state index in [1.807, 2.05) is 31.2 Å². The summed E-state index contributed by atoms with van der Waals surface area (Å²) in [5.74, 6) is 1.80. The Morgan fingerprint density at radius 3 is 2.76 bits per heavy atom. The van der Waals surface area contributed by atoms with Crippen molar-refractivity contribution in [1.82, 2.24) is 0 Å². The summed E-state index contributed by atoms with van der Waals surface area (Å²) in [5, 5.41) is 12.0. The lowest BCUT2D eigenvalue weighted by Crippen LogP contribution is -1.98. The lowest BCUT2D eigenvalue weighted by molar-refractivity contribution is 0.490. The first-order chi connectivity index (χ1) is 8.19. The molecule has 4 heteroatoms. The van der Waals surface area contributed by atoms with E-state index in [2.05, 4.69) is 27.3 Å². The average molecular weight is 291 g/mol. The first-order valence-electron chi connectivity index (χ1n) is 5.18.